The molecule has 1 fully saturated rings. The van der Waals surface area contributed by atoms with Gasteiger partial charge in [0.1, 0.15) is 11.5 Å². The minimum absolute atomic E-state index is 0.275. The second-order valence-electron chi connectivity index (χ2n) is 4.02. The molecule has 88 valence electrons. The molecule has 0 atom stereocenters. The van der Waals surface area contributed by atoms with E-state index in [0.29, 0.717) is 11.7 Å². The van der Waals surface area contributed by atoms with Crippen LogP contribution in [0.25, 0.3) is 11.3 Å². The van der Waals surface area contributed by atoms with Crippen molar-refractivity contribution in [3.63, 3.8) is 0 Å². The maximum atomic E-state index is 13.2. The Labute approximate surface area is 106 Å². The summed E-state index contributed by atoms with van der Waals surface area (Å²) in [4.78, 5) is 0. The Morgan fingerprint density at radius 1 is 1.41 bits per heavy atom. The van der Waals surface area contributed by atoms with Crippen LogP contribution >= 0.6 is 15.9 Å². The number of halogens is 2. The van der Waals surface area contributed by atoms with Crippen LogP contribution in [0, 0.1) is 5.82 Å². The molecule has 1 saturated heterocycles. The molecule has 0 aliphatic carbocycles. The zero-order chi connectivity index (χ0) is 11.8. The first-order valence-corrected chi connectivity index (χ1v) is 6.11. The molecule has 1 aliphatic heterocycles. The molecule has 0 saturated carbocycles. The largest absolute Gasteiger partial charge is 0.312 e. The Kier molecular flexibility index (Phi) is 2.68. The van der Waals surface area contributed by atoms with Crippen molar-refractivity contribution < 1.29 is 4.39 Å². The minimum atomic E-state index is -0.275. The highest BCUT2D eigenvalue weighted by Gasteiger charge is 2.20. The van der Waals surface area contributed by atoms with Crippen LogP contribution in [-0.4, -0.2) is 28.1 Å². The topological polar surface area (TPSA) is 42.7 Å². The van der Waals surface area contributed by atoms with Gasteiger partial charge in [0.25, 0.3) is 0 Å². The van der Waals surface area contributed by atoms with E-state index in [1.54, 1.807) is 6.07 Å². The van der Waals surface area contributed by atoms with Gasteiger partial charge >= 0.3 is 0 Å². The Hall–Kier alpha value is -1.27. The van der Waals surface area contributed by atoms with Gasteiger partial charge in [0.05, 0.1) is 12.2 Å². The molecular formula is C11H10BrFN4. The summed E-state index contributed by atoms with van der Waals surface area (Å²) < 4.78 is 15.8. The van der Waals surface area contributed by atoms with Crippen molar-refractivity contribution in [2.75, 3.05) is 13.1 Å². The van der Waals surface area contributed by atoms with E-state index in [2.05, 4.69) is 31.6 Å². The normalized spacial score (nSPS) is 15.9. The second-order valence-corrected chi connectivity index (χ2v) is 4.87. The van der Waals surface area contributed by atoms with E-state index in [-0.39, 0.29) is 5.82 Å². The molecule has 4 nitrogen and oxygen atoms in total. The zero-order valence-electron chi connectivity index (χ0n) is 8.90. The van der Waals surface area contributed by atoms with Crippen molar-refractivity contribution in [1.29, 1.82) is 0 Å². The minimum Gasteiger partial charge on any atom is -0.312 e. The van der Waals surface area contributed by atoms with E-state index in [1.165, 1.54) is 12.1 Å². The Morgan fingerprint density at radius 2 is 2.24 bits per heavy atom. The van der Waals surface area contributed by atoms with E-state index in [4.69, 9.17) is 0 Å². The molecule has 0 bridgehead atoms. The van der Waals surface area contributed by atoms with Crippen LogP contribution < -0.4 is 5.32 Å². The molecule has 6 heteroatoms. The van der Waals surface area contributed by atoms with Crippen LogP contribution in [0.15, 0.2) is 28.9 Å². The second kappa shape index (κ2) is 4.19. The summed E-state index contributed by atoms with van der Waals surface area (Å²) in [6, 6.07) is 4.91. The average Bonchev–Trinajstić information content (AvgIpc) is 2.68. The van der Waals surface area contributed by atoms with Gasteiger partial charge in [-0.3, -0.25) is 0 Å². The molecule has 0 radical (unpaired) electrons. The molecule has 0 amide bonds. The number of aromatic nitrogens is 3. The average molecular weight is 297 g/mol. The number of benzene rings is 1. The molecule has 1 aliphatic rings. The van der Waals surface area contributed by atoms with Crippen LogP contribution in [0.4, 0.5) is 4.39 Å². The highest BCUT2D eigenvalue weighted by molar-refractivity contribution is 9.10. The van der Waals surface area contributed by atoms with Crippen LogP contribution in [0.3, 0.4) is 0 Å². The van der Waals surface area contributed by atoms with Crippen molar-refractivity contribution in [3.05, 3.63) is 34.7 Å². The van der Waals surface area contributed by atoms with Gasteiger partial charge in [0.15, 0.2) is 0 Å². The van der Waals surface area contributed by atoms with Gasteiger partial charge in [-0.25, -0.2) is 9.07 Å². The summed E-state index contributed by atoms with van der Waals surface area (Å²) in [5.41, 5.74) is 1.41. The molecule has 2 heterocycles. The first-order valence-electron chi connectivity index (χ1n) is 5.32. The third kappa shape index (κ3) is 1.98. The number of nitrogens with zero attached hydrogens (tertiary/aromatic N) is 3. The predicted octanol–water partition coefficient (Wildman–Crippen LogP) is 1.99. The molecule has 1 aromatic carbocycles. The fourth-order valence-corrected chi connectivity index (χ4v) is 2.18. The van der Waals surface area contributed by atoms with Crippen LogP contribution in [-0.2, 0) is 0 Å². The molecule has 1 aromatic heterocycles. The lowest BCUT2D eigenvalue weighted by molar-refractivity contribution is 0.313. The molecular weight excluding hydrogens is 287 g/mol. The van der Waals surface area contributed by atoms with Crippen LogP contribution in [0.1, 0.15) is 6.04 Å². The summed E-state index contributed by atoms with van der Waals surface area (Å²) in [5, 5.41) is 11.3. The molecule has 3 rings (SSSR count). The summed E-state index contributed by atoms with van der Waals surface area (Å²) in [6.45, 7) is 1.82. The summed E-state index contributed by atoms with van der Waals surface area (Å²) in [6.07, 6.45) is 1.85. The van der Waals surface area contributed by atoms with Crippen molar-refractivity contribution >= 4 is 15.9 Å². The van der Waals surface area contributed by atoms with Crippen molar-refractivity contribution in [2.45, 2.75) is 6.04 Å². The van der Waals surface area contributed by atoms with E-state index < -0.39 is 0 Å². The van der Waals surface area contributed by atoms with Crippen molar-refractivity contribution in [1.82, 2.24) is 20.3 Å². The quantitative estimate of drug-likeness (QED) is 0.922. The lowest BCUT2D eigenvalue weighted by Crippen LogP contribution is -2.43. The van der Waals surface area contributed by atoms with Gasteiger partial charge in [0.2, 0.25) is 0 Å². The number of rotatable bonds is 2. The fraction of sp³-hybridized carbons (Fsp3) is 0.273. The third-order valence-corrected chi connectivity index (χ3v) is 3.54. The van der Waals surface area contributed by atoms with Gasteiger partial charge in [-0.2, -0.15) is 0 Å². The standard InChI is InChI=1S/C11H10BrFN4/c12-10-2-1-7(13)3-9(10)11-6-17(16-15-11)8-4-14-5-8/h1-3,6,8,14H,4-5H2. The van der Waals surface area contributed by atoms with Crippen LogP contribution in [0.2, 0.25) is 0 Å². The number of hydrogen-bond acceptors (Lipinski definition) is 3. The van der Waals surface area contributed by atoms with E-state index >= 15 is 0 Å². The summed E-state index contributed by atoms with van der Waals surface area (Å²) in [7, 11) is 0. The zero-order valence-corrected chi connectivity index (χ0v) is 10.5. The molecule has 0 unspecified atom stereocenters. The van der Waals surface area contributed by atoms with Crippen molar-refractivity contribution in [2.24, 2.45) is 0 Å². The number of hydrogen-bond donors (Lipinski definition) is 1. The van der Waals surface area contributed by atoms with Gasteiger partial charge in [0, 0.05) is 23.1 Å². The van der Waals surface area contributed by atoms with E-state index in [1.807, 2.05) is 10.9 Å². The maximum Gasteiger partial charge on any atom is 0.123 e. The SMILES string of the molecule is Fc1ccc(Br)c(-c2cn(C3CNC3)nn2)c1. The summed E-state index contributed by atoms with van der Waals surface area (Å²) >= 11 is 3.39. The Morgan fingerprint density at radius 3 is 2.94 bits per heavy atom. The molecule has 1 N–H and O–H groups in total. The van der Waals surface area contributed by atoms with Gasteiger partial charge < -0.3 is 5.32 Å². The first kappa shape index (κ1) is 10.9. The van der Waals surface area contributed by atoms with Crippen LogP contribution in [0.5, 0.6) is 0 Å². The third-order valence-electron chi connectivity index (χ3n) is 2.85. The Bertz CT molecular complexity index is 550. The smallest absolute Gasteiger partial charge is 0.123 e. The Balaban J connectivity index is 1.97. The van der Waals surface area contributed by atoms with Gasteiger partial charge in [-0.05, 0) is 18.2 Å². The first-order chi connectivity index (χ1) is 8.24. The lowest BCUT2D eigenvalue weighted by Gasteiger charge is -2.26. The molecule has 17 heavy (non-hydrogen) atoms. The lowest BCUT2D eigenvalue weighted by atomic mass is 10.1. The summed E-state index contributed by atoms with van der Waals surface area (Å²) in [5.74, 6) is -0.275. The van der Waals surface area contributed by atoms with Gasteiger partial charge in [-0.1, -0.05) is 21.1 Å². The number of nitrogens with one attached hydrogen (secondary N) is 1. The fourth-order valence-electron chi connectivity index (χ4n) is 1.73. The predicted molar refractivity (Wildman–Crippen MR) is 65.0 cm³/mol. The highest BCUT2D eigenvalue weighted by Crippen LogP contribution is 2.27. The molecule has 0 spiro atoms. The maximum absolute atomic E-state index is 13.2. The van der Waals surface area contributed by atoms with Gasteiger partial charge in [-0.15, -0.1) is 5.10 Å². The van der Waals surface area contributed by atoms with E-state index in [9.17, 15) is 4.39 Å². The van der Waals surface area contributed by atoms with Crippen molar-refractivity contribution in [3.8, 4) is 11.3 Å². The highest BCUT2D eigenvalue weighted by atomic mass is 79.9. The monoisotopic (exact) mass is 296 g/mol. The molecule has 2 aromatic rings. The van der Waals surface area contributed by atoms with E-state index in [0.717, 1.165) is 23.1 Å².